The van der Waals surface area contributed by atoms with Gasteiger partial charge in [-0.1, -0.05) is 61.9 Å². The van der Waals surface area contributed by atoms with Crippen LogP contribution in [0.3, 0.4) is 0 Å². The molecule has 17 N–H and O–H groups in total. The Kier molecular flexibility index (Phi) is 26.7. The summed E-state index contributed by atoms with van der Waals surface area (Å²) in [6.07, 6.45) is 3.87. The lowest BCUT2D eigenvalue weighted by atomic mass is 10.0. The van der Waals surface area contributed by atoms with Crippen LogP contribution in [0.1, 0.15) is 96.1 Å². The van der Waals surface area contributed by atoms with Crippen LogP contribution in [0.15, 0.2) is 70.8 Å². The number of unbranched alkanes of at least 4 members (excludes halogenated alkanes) is 2. The molecule has 25 nitrogen and oxygen atoms in total. The van der Waals surface area contributed by atoms with Crippen molar-refractivity contribution < 1.29 is 48.3 Å². The molecule has 0 radical (unpaired) electrons. The normalized spacial score (nSPS) is 13.2. The summed E-state index contributed by atoms with van der Waals surface area (Å²) >= 11 is 0. The number of carbonyl (C=O) groups excluding carboxylic acids is 8. The highest BCUT2D eigenvalue weighted by atomic mass is 16.4. The van der Waals surface area contributed by atoms with Crippen LogP contribution in [0, 0.1) is 0 Å². The van der Waals surface area contributed by atoms with Gasteiger partial charge in [-0.3, -0.25) is 48.4 Å². The molecule has 3 rings (SSSR count). The topological polar surface area (TPSA) is 406 Å². The fourth-order valence-electron chi connectivity index (χ4n) is 7.98. The molecule has 1 aromatic heterocycles. The van der Waals surface area contributed by atoms with E-state index < -0.39 is 90.1 Å². The molecule has 0 saturated carbocycles. The molecular weight excluding hydrogens is 971 g/mol. The van der Waals surface area contributed by atoms with Crippen molar-refractivity contribution in [3.8, 4) is 0 Å². The largest absolute Gasteiger partial charge is 0.480 e. The van der Waals surface area contributed by atoms with E-state index in [4.69, 9.17) is 22.9 Å². The van der Waals surface area contributed by atoms with Gasteiger partial charge in [0.05, 0.1) is 6.42 Å². The number of aliphatic imine (C=N–C) groups is 2. The van der Waals surface area contributed by atoms with Crippen LogP contribution in [0.25, 0.3) is 10.9 Å². The van der Waals surface area contributed by atoms with Crippen LogP contribution in [-0.2, 0) is 51.2 Å². The number of carbonyl (C=O) groups is 9. The number of benzene rings is 2. The average molecular weight is 1050 g/mol. The van der Waals surface area contributed by atoms with E-state index in [0.717, 1.165) is 21.4 Å². The van der Waals surface area contributed by atoms with Crippen LogP contribution in [0.2, 0.25) is 0 Å². The highest BCUT2D eigenvalue weighted by Gasteiger charge is 2.34. The third-order valence-electron chi connectivity index (χ3n) is 11.8. The van der Waals surface area contributed by atoms with Crippen LogP contribution in [0.4, 0.5) is 4.79 Å². The van der Waals surface area contributed by atoms with Gasteiger partial charge < -0.3 is 70.2 Å². The molecule has 25 heteroatoms. The van der Waals surface area contributed by atoms with Crippen molar-refractivity contribution in [2.24, 2.45) is 32.9 Å². The van der Waals surface area contributed by atoms with E-state index in [2.05, 4.69) is 52.2 Å². The van der Waals surface area contributed by atoms with Crippen molar-refractivity contribution in [1.29, 1.82) is 0 Å². The summed E-state index contributed by atoms with van der Waals surface area (Å²) in [5, 5.41) is 29.3. The number of guanidine groups is 2. The first kappa shape index (κ1) is 61.1. The number of hydrogen-bond donors (Lipinski definition) is 13. The van der Waals surface area contributed by atoms with Crippen LogP contribution in [-0.4, -0.2) is 143 Å². The van der Waals surface area contributed by atoms with E-state index >= 15 is 0 Å². The minimum Gasteiger partial charge on any atom is -0.480 e. The van der Waals surface area contributed by atoms with E-state index in [1.54, 1.807) is 19.2 Å². The lowest BCUT2D eigenvalue weighted by Crippen LogP contribution is -2.58. The van der Waals surface area contributed by atoms with Gasteiger partial charge in [-0.2, -0.15) is 0 Å². The first-order chi connectivity index (χ1) is 35.8. The first-order valence-corrected chi connectivity index (χ1v) is 25.0. The number of fused-ring (bicyclic) bond motifs is 1. The lowest BCUT2D eigenvalue weighted by Gasteiger charge is -2.29. The van der Waals surface area contributed by atoms with Gasteiger partial charge in [0.1, 0.15) is 30.2 Å². The number of aromatic nitrogens is 1. The van der Waals surface area contributed by atoms with Crippen LogP contribution in [0.5, 0.6) is 0 Å². The molecule has 1 heterocycles. The average Bonchev–Trinajstić information content (AvgIpc) is 3.77. The number of nitrogens with one attached hydrogen (secondary N) is 8. The van der Waals surface area contributed by atoms with E-state index in [-0.39, 0.29) is 83.0 Å². The summed E-state index contributed by atoms with van der Waals surface area (Å²) in [4.78, 5) is 131. The molecule has 0 bridgehead atoms. The van der Waals surface area contributed by atoms with Crippen molar-refractivity contribution in [2.75, 3.05) is 26.2 Å². The van der Waals surface area contributed by atoms with Gasteiger partial charge in [-0.15, -0.1) is 0 Å². The predicted octanol–water partition coefficient (Wildman–Crippen LogP) is -0.378. The maximum atomic E-state index is 14.4. The molecule has 75 heavy (non-hydrogen) atoms. The molecule has 3 aromatic rings. The second-order valence-corrected chi connectivity index (χ2v) is 18.0. The number of amides is 9. The van der Waals surface area contributed by atoms with Crippen molar-refractivity contribution >= 4 is 76.7 Å². The summed E-state index contributed by atoms with van der Waals surface area (Å²) in [6, 6.07) is 9.03. The number of carboxylic acid groups (broad SMARTS) is 1. The molecule has 0 fully saturated rings. The second kappa shape index (κ2) is 32.7. The molecule has 6 atom stereocenters. The number of nitrogens with zero attached hydrogens (tertiary/aromatic N) is 3. The second-order valence-electron chi connectivity index (χ2n) is 18.0. The van der Waals surface area contributed by atoms with Gasteiger partial charge in [0.15, 0.2) is 11.9 Å². The van der Waals surface area contributed by atoms with Gasteiger partial charge in [0.25, 0.3) is 5.91 Å². The number of urea groups is 1. The zero-order valence-corrected chi connectivity index (χ0v) is 42.9. The number of hydrogen-bond acceptors (Lipinski definition) is 11. The molecule has 0 saturated heterocycles. The highest BCUT2D eigenvalue weighted by Crippen LogP contribution is 2.20. The summed E-state index contributed by atoms with van der Waals surface area (Å²) in [7, 11) is 0. The molecule has 9 amide bonds. The number of nitrogens with two attached hydrogens (primary N) is 4. The number of para-hydroxylation sites is 1. The number of carboxylic acids is 1. The summed E-state index contributed by atoms with van der Waals surface area (Å²) in [6.45, 7) is 5.13. The van der Waals surface area contributed by atoms with Crippen molar-refractivity contribution in [3.63, 3.8) is 0 Å². The summed E-state index contributed by atoms with van der Waals surface area (Å²) < 4.78 is 0. The van der Waals surface area contributed by atoms with E-state index in [1.165, 1.54) is 6.92 Å². The third-order valence-corrected chi connectivity index (χ3v) is 11.8. The Balaban J connectivity index is 1.75. The van der Waals surface area contributed by atoms with Gasteiger partial charge in [0, 0.05) is 62.7 Å². The van der Waals surface area contributed by atoms with Gasteiger partial charge in [-0.05, 0) is 81.9 Å². The van der Waals surface area contributed by atoms with Crippen LogP contribution < -0.4 is 60.2 Å². The lowest BCUT2D eigenvalue weighted by molar-refractivity contribution is -0.142. The zero-order chi connectivity index (χ0) is 55.3. The Morgan fingerprint density at radius 1 is 0.693 bits per heavy atom. The number of rotatable bonds is 34. The zero-order valence-electron chi connectivity index (χ0n) is 42.9. The maximum absolute atomic E-state index is 14.4. The van der Waals surface area contributed by atoms with E-state index in [9.17, 15) is 48.3 Å². The number of H-pyrrole nitrogens is 1. The Hall–Kier alpha value is -8.25. The Morgan fingerprint density at radius 2 is 1.28 bits per heavy atom. The molecule has 0 aliphatic heterocycles. The van der Waals surface area contributed by atoms with Gasteiger partial charge >= 0.3 is 12.0 Å². The molecule has 3 unspecified atom stereocenters. The monoisotopic (exact) mass is 1050 g/mol. The van der Waals surface area contributed by atoms with Crippen molar-refractivity contribution in [2.45, 2.75) is 134 Å². The SMILES string of the molecule is CCCCN(C(=O)NC(C)Cc1ccccc1)C(=O)C(CC(=O)NCCCCC(NC(=O)[C@H](Cc1c[nH]c2ccccc12)NC(=O)[C@H](CCCN=C(N)N)NC=O)C(=O)O)NC(=O)[C@H](CCCN=C(N)N)NC(C)=O. The molecule has 0 aliphatic carbocycles. The van der Waals surface area contributed by atoms with Gasteiger partial charge in [0.2, 0.25) is 35.9 Å². The third kappa shape index (κ3) is 22.6. The Bertz CT molecular complexity index is 2420. The standard InChI is InChI=1S/C50H75N15O10/c1-4-5-25-65(50(75)60-31(2)26-33-15-7-6-8-16-33)46(72)41(64-44(70)38(61-32(3)67)21-14-24-57-49(53)54)28-42(68)55-22-12-11-19-39(47(73)74)62-45(71)40(27-34-29-58-36-18-10-9-17-35(34)36)63-43(69)37(59-30-66)20-13-23-56-48(51)52/h6-10,15-18,29-31,37-41,58H,4-5,11-14,19-28H2,1-3H3,(H,55,68)(H,59,66)(H,60,75)(H,61,67)(H,62,71)(H,63,69)(H,64,70)(H,73,74)(H4,51,52,56)(H4,53,54,57)/t31?,37-,38-,39?,40-,41?/m0/s1. The molecule has 2 aromatic carbocycles. The smallest absolute Gasteiger partial charge is 0.326 e. The minimum atomic E-state index is -1.57. The van der Waals surface area contributed by atoms with E-state index in [1.807, 2.05) is 55.5 Å². The summed E-state index contributed by atoms with van der Waals surface area (Å²) in [5.41, 5.74) is 24.0. The predicted molar refractivity (Wildman–Crippen MR) is 282 cm³/mol. The van der Waals surface area contributed by atoms with Crippen molar-refractivity contribution in [1.82, 2.24) is 47.1 Å². The minimum absolute atomic E-state index is 0.0160. The van der Waals surface area contributed by atoms with Gasteiger partial charge in [-0.25, -0.2) is 9.59 Å². The number of aliphatic carboxylic acids is 1. The molecule has 410 valence electrons. The first-order valence-electron chi connectivity index (χ1n) is 25.0. The van der Waals surface area contributed by atoms with Crippen molar-refractivity contribution in [3.05, 3.63) is 71.9 Å². The Morgan fingerprint density at radius 3 is 1.91 bits per heavy atom. The maximum Gasteiger partial charge on any atom is 0.326 e. The number of imide groups is 1. The van der Waals surface area contributed by atoms with E-state index in [0.29, 0.717) is 37.7 Å². The Labute approximate surface area is 436 Å². The molecular formula is C50H75N15O10. The summed E-state index contributed by atoms with van der Waals surface area (Å²) in [5.74, 6) is -6.06. The number of aromatic amines is 1. The quantitative estimate of drug-likeness (QED) is 0.0157. The molecule has 0 aliphatic rings. The van der Waals surface area contributed by atoms with Crippen LogP contribution >= 0.6 is 0 Å². The fourth-order valence-corrected chi connectivity index (χ4v) is 7.98. The fraction of sp³-hybridized carbons (Fsp3) is 0.500. The highest BCUT2D eigenvalue weighted by molar-refractivity contribution is 6.01. The molecule has 0 spiro atoms.